The highest BCUT2D eigenvalue weighted by Crippen LogP contribution is 1.88. The van der Waals surface area contributed by atoms with Crippen LogP contribution >= 0.6 is 0 Å². The molecule has 0 atom stereocenters. The van der Waals surface area contributed by atoms with Gasteiger partial charge in [-0.1, -0.05) is 0 Å². The summed E-state index contributed by atoms with van der Waals surface area (Å²) in [6, 6.07) is 0. The number of nitrogens with one attached hydrogen (secondary N) is 1. The molecular formula is C8H13N3O. The molecule has 1 amide bonds. The maximum atomic E-state index is 10.5. The first-order valence-electron chi connectivity index (χ1n) is 3.52. The largest absolute Gasteiger partial charge is 0.352 e. The number of carbonyl (C=O) groups excluding carboxylic acids is 1. The monoisotopic (exact) mass is 167 g/mol. The van der Waals surface area contributed by atoms with Crippen LogP contribution < -0.4 is 5.32 Å². The van der Waals surface area contributed by atoms with Crippen molar-refractivity contribution in [1.29, 1.82) is 0 Å². The topological polar surface area (TPSA) is 53.8 Å². The van der Waals surface area contributed by atoms with E-state index in [2.05, 4.69) is 22.0 Å². The second kappa shape index (κ2) is 6.27. The number of hydrogen-bond donors (Lipinski definition) is 1. The molecule has 0 saturated heterocycles. The van der Waals surface area contributed by atoms with Gasteiger partial charge in [0, 0.05) is 38.5 Å². The van der Waals surface area contributed by atoms with Gasteiger partial charge in [0.2, 0.25) is 5.91 Å². The highest BCUT2D eigenvalue weighted by molar-refractivity contribution is 5.81. The number of rotatable bonds is 4. The van der Waals surface area contributed by atoms with Gasteiger partial charge >= 0.3 is 0 Å². The molecule has 4 nitrogen and oxygen atoms in total. The van der Waals surface area contributed by atoms with Gasteiger partial charge in [0.15, 0.2) is 0 Å². The van der Waals surface area contributed by atoms with Crippen molar-refractivity contribution in [2.24, 2.45) is 9.98 Å². The Bertz CT molecular complexity index is 218. The predicted molar refractivity (Wildman–Crippen MR) is 50.7 cm³/mol. The lowest BCUT2D eigenvalue weighted by Gasteiger charge is -2.00. The van der Waals surface area contributed by atoms with E-state index in [4.69, 9.17) is 0 Å². The van der Waals surface area contributed by atoms with Crippen molar-refractivity contribution >= 4 is 18.8 Å². The summed E-state index contributed by atoms with van der Waals surface area (Å²) in [6.07, 6.45) is 3.19. The summed E-state index contributed by atoms with van der Waals surface area (Å²) >= 11 is 0. The van der Waals surface area contributed by atoms with Gasteiger partial charge in [0.05, 0.1) is 0 Å². The first-order valence-corrected chi connectivity index (χ1v) is 3.52. The van der Waals surface area contributed by atoms with Crippen molar-refractivity contribution in [1.82, 2.24) is 5.32 Å². The van der Waals surface area contributed by atoms with E-state index in [0.29, 0.717) is 6.54 Å². The van der Waals surface area contributed by atoms with Gasteiger partial charge in [-0.2, -0.15) is 0 Å². The Morgan fingerprint density at radius 2 is 2.33 bits per heavy atom. The maximum absolute atomic E-state index is 10.5. The van der Waals surface area contributed by atoms with Crippen LogP contribution in [0.25, 0.3) is 0 Å². The minimum Gasteiger partial charge on any atom is -0.352 e. The third kappa shape index (κ3) is 5.34. The molecule has 0 saturated carbocycles. The maximum Gasteiger partial charge on any atom is 0.217 e. The summed E-state index contributed by atoms with van der Waals surface area (Å²) in [4.78, 5) is 17.9. The van der Waals surface area contributed by atoms with Gasteiger partial charge in [-0.25, -0.2) is 0 Å². The van der Waals surface area contributed by atoms with Crippen molar-refractivity contribution in [3.63, 3.8) is 0 Å². The van der Waals surface area contributed by atoms with Crippen LogP contribution in [-0.4, -0.2) is 32.4 Å². The second-order valence-electron chi connectivity index (χ2n) is 2.18. The Balaban J connectivity index is 4.05. The third-order valence-electron chi connectivity index (χ3n) is 1.09. The molecule has 0 unspecified atom stereocenters. The summed E-state index contributed by atoms with van der Waals surface area (Å²) in [6.45, 7) is 5.21. The van der Waals surface area contributed by atoms with Crippen LogP contribution in [0.5, 0.6) is 0 Å². The molecule has 0 spiro atoms. The van der Waals surface area contributed by atoms with Crippen molar-refractivity contribution < 1.29 is 4.79 Å². The lowest BCUT2D eigenvalue weighted by molar-refractivity contribution is -0.118. The zero-order valence-electron chi connectivity index (χ0n) is 7.37. The molecule has 0 aliphatic heterocycles. The van der Waals surface area contributed by atoms with Crippen LogP contribution in [0.2, 0.25) is 0 Å². The standard InChI is InChI=1S/C8H13N3O/c1-7(12)11-6-8(4-9-2)5-10-3/h4-5H,2,6H2,1,3H3,(H,11,12)/b8-4+,10-5?. The molecular weight excluding hydrogens is 154 g/mol. The van der Waals surface area contributed by atoms with Crippen molar-refractivity contribution in [3.8, 4) is 0 Å². The molecule has 1 N–H and O–H groups in total. The predicted octanol–water partition coefficient (Wildman–Crippen LogP) is 0.408. The summed E-state index contributed by atoms with van der Waals surface area (Å²) < 4.78 is 0. The first-order chi connectivity index (χ1) is 5.70. The van der Waals surface area contributed by atoms with Crippen LogP contribution in [0.3, 0.4) is 0 Å². The molecule has 0 aromatic carbocycles. The van der Waals surface area contributed by atoms with Gasteiger partial charge in [-0.05, 0) is 6.72 Å². The molecule has 0 heterocycles. The fraction of sp³-hybridized carbons (Fsp3) is 0.375. The Labute approximate surface area is 72.1 Å². The molecule has 0 fully saturated rings. The second-order valence-corrected chi connectivity index (χ2v) is 2.18. The van der Waals surface area contributed by atoms with Crippen LogP contribution in [0.4, 0.5) is 0 Å². The first kappa shape index (κ1) is 10.6. The van der Waals surface area contributed by atoms with E-state index in [0.717, 1.165) is 5.57 Å². The summed E-state index contributed by atoms with van der Waals surface area (Å²) in [5, 5.41) is 2.63. The van der Waals surface area contributed by atoms with Crippen LogP contribution in [-0.2, 0) is 4.79 Å². The van der Waals surface area contributed by atoms with Crippen LogP contribution in [0.1, 0.15) is 6.92 Å². The van der Waals surface area contributed by atoms with Gasteiger partial charge in [-0.3, -0.25) is 14.8 Å². The van der Waals surface area contributed by atoms with Crippen molar-refractivity contribution in [2.75, 3.05) is 13.6 Å². The summed E-state index contributed by atoms with van der Waals surface area (Å²) in [7, 11) is 1.66. The van der Waals surface area contributed by atoms with E-state index in [9.17, 15) is 4.79 Å². The average molecular weight is 167 g/mol. The highest BCUT2D eigenvalue weighted by Gasteiger charge is 1.93. The van der Waals surface area contributed by atoms with Crippen molar-refractivity contribution in [3.05, 3.63) is 11.8 Å². The zero-order chi connectivity index (χ0) is 9.40. The molecule has 0 aromatic rings. The molecule has 66 valence electrons. The average Bonchev–Trinajstić information content (AvgIpc) is 2.01. The van der Waals surface area contributed by atoms with E-state index in [1.807, 2.05) is 0 Å². The summed E-state index contributed by atoms with van der Waals surface area (Å²) in [5.41, 5.74) is 0.822. The normalized spacial score (nSPS) is 11.7. The molecule has 0 bridgehead atoms. The van der Waals surface area contributed by atoms with Crippen LogP contribution in [0, 0.1) is 0 Å². The Hall–Kier alpha value is -1.45. The zero-order valence-corrected chi connectivity index (χ0v) is 7.37. The number of hydrogen-bond acceptors (Lipinski definition) is 3. The minimum absolute atomic E-state index is 0.0746. The van der Waals surface area contributed by atoms with E-state index in [1.165, 1.54) is 6.92 Å². The number of amides is 1. The fourth-order valence-corrected chi connectivity index (χ4v) is 0.634. The van der Waals surface area contributed by atoms with E-state index >= 15 is 0 Å². The molecule has 0 aliphatic carbocycles. The van der Waals surface area contributed by atoms with Gasteiger partial charge in [0.1, 0.15) is 0 Å². The van der Waals surface area contributed by atoms with Gasteiger partial charge in [0.25, 0.3) is 0 Å². The van der Waals surface area contributed by atoms with Crippen LogP contribution in [0.15, 0.2) is 21.8 Å². The SMILES string of the molecule is C=N/C=C(\C=NC)CNC(C)=O. The van der Waals surface area contributed by atoms with E-state index in [1.54, 1.807) is 19.5 Å². The molecule has 4 heteroatoms. The third-order valence-corrected chi connectivity index (χ3v) is 1.09. The molecule has 0 aromatic heterocycles. The highest BCUT2D eigenvalue weighted by atomic mass is 16.1. The lowest BCUT2D eigenvalue weighted by atomic mass is 10.3. The molecule has 0 aliphatic rings. The Morgan fingerprint density at radius 3 is 2.75 bits per heavy atom. The number of carbonyl (C=O) groups is 1. The smallest absolute Gasteiger partial charge is 0.217 e. The Morgan fingerprint density at radius 1 is 1.67 bits per heavy atom. The minimum atomic E-state index is -0.0746. The number of nitrogens with zero attached hydrogens (tertiary/aromatic N) is 2. The number of aliphatic imine (C=N–C) groups is 2. The van der Waals surface area contributed by atoms with Gasteiger partial charge < -0.3 is 5.32 Å². The lowest BCUT2D eigenvalue weighted by Crippen LogP contribution is -2.22. The summed E-state index contributed by atoms with van der Waals surface area (Å²) in [5.74, 6) is -0.0746. The quantitative estimate of drug-likeness (QED) is 0.606. The fourth-order valence-electron chi connectivity index (χ4n) is 0.634. The van der Waals surface area contributed by atoms with Gasteiger partial charge in [-0.15, -0.1) is 0 Å². The molecule has 0 radical (unpaired) electrons. The Kier molecular flexibility index (Phi) is 5.51. The van der Waals surface area contributed by atoms with Crippen molar-refractivity contribution in [2.45, 2.75) is 6.92 Å². The van der Waals surface area contributed by atoms with E-state index < -0.39 is 0 Å². The molecule has 0 rings (SSSR count). The van der Waals surface area contributed by atoms with E-state index in [-0.39, 0.29) is 5.91 Å². The molecule has 12 heavy (non-hydrogen) atoms.